The molecule has 0 spiro atoms. The molecule has 0 amide bonds. The van der Waals surface area contributed by atoms with E-state index < -0.39 is 0 Å². The average Bonchev–Trinajstić information content (AvgIpc) is 2.19. The molecule has 2 heteroatoms. The molecule has 1 saturated carbocycles. The second-order valence-electron chi connectivity index (χ2n) is 4.06. The van der Waals surface area contributed by atoms with Gasteiger partial charge in [-0.1, -0.05) is 26.2 Å². The van der Waals surface area contributed by atoms with Gasteiger partial charge in [0.15, 0.2) is 0 Å². The summed E-state index contributed by atoms with van der Waals surface area (Å²) >= 11 is 0. The van der Waals surface area contributed by atoms with Crippen molar-refractivity contribution in [2.75, 3.05) is 13.2 Å². The molecule has 0 heterocycles. The number of nitrogens with one attached hydrogen (secondary N) is 1. The minimum absolute atomic E-state index is 0.184. The first-order valence-corrected chi connectivity index (χ1v) is 5.67. The molecule has 0 aromatic carbocycles. The molecule has 13 heavy (non-hydrogen) atoms. The van der Waals surface area contributed by atoms with Gasteiger partial charge >= 0.3 is 0 Å². The third-order valence-electron chi connectivity index (χ3n) is 3.15. The molecule has 1 fully saturated rings. The zero-order valence-corrected chi connectivity index (χ0v) is 8.69. The summed E-state index contributed by atoms with van der Waals surface area (Å²) in [6.45, 7) is 2.94. The molecule has 0 aromatic rings. The molecule has 1 aliphatic carbocycles. The van der Waals surface area contributed by atoms with Crippen LogP contribution in [0.1, 0.15) is 45.4 Å². The van der Waals surface area contributed by atoms with E-state index in [1.165, 1.54) is 32.1 Å². The Balaban J connectivity index is 2.19. The Labute approximate surface area is 81.1 Å². The van der Waals surface area contributed by atoms with Crippen LogP contribution in [0.3, 0.4) is 0 Å². The Kier molecular flexibility index (Phi) is 5.37. The van der Waals surface area contributed by atoms with Gasteiger partial charge in [-0.15, -0.1) is 0 Å². The lowest BCUT2D eigenvalue weighted by Gasteiger charge is -2.31. The van der Waals surface area contributed by atoms with Gasteiger partial charge in [-0.05, 0) is 31.7 Å². The molecule has 2 unspecified atom stereocenters. The molecule has 78 valence electrons. The maximum atomic E-state index is 11.9. The molecular formula is C11H22FN. The molecule has 2 atom stereocenters. The lowest BCUT2D eigenvalue weighted by Crippen LogP contribution is -2.38. The van der Waals surface area contributed by atoms with Gasteiger partial charge in [0.1, 0.15) is 0 Å². The van der Waals surface area contributed by atoms with Gasteiger partial charge in [0.05, 0.1) is 6.67 Å². The van der Waals surface area contributed by atoms with E-state index in [-0.39, 0.29) is 6.67 Å². The highest BCUT2D eigenvalue weighted by molar-refractivity contribution is 4.79. The third-order valence-corrected chi connectivity index (χ3v) is 3.15. The standard InChI is InChI=1S/C11H22FN/c1-2-10-6-3-4-7-11(10)13-9-5-8-12/h10-11,13H,2-9H2,1H3. The topological polar surface area (TPSA) is 12.0 Å². The first-order valence-electron chi connectivity index (χ1n) is 5.67. The Morgan fingerprint density at radius 3 is 2.77 bits per heavy atom. The van der Waals surface area contributed by atoms with Gasteiger partial charge in [-0.3, -0.25) is 4.39 Å². The molecule has 0 bridgehead atoms. The fraction of sp³-hybridized carbons (Fsp3) is 1.00. The van der Waals surface area contributed by atoms with Gasteiger partial charge < -0.3 is 5.32 Å². The predicted octanol–water partition coefficient (Wildman–Crippen LogP) is 2.90. The van der Waals surface area contributed by atoms with E-state index in [1.807, 2.05) is 0 Å². The van der Waals surface area contributed by atoms with E-state index in [0.29, 0.717) is 12.5 Å². The minimum Gasteiger partial charge on any atom is -0.314 e. The second-order valence-corrected chi connectivity index (χ2v) is 4.06. The summed E-state index contributed by atoms with van der Waals surface area (Å²) in [7, 11) is 0. The van der Waals surface area contributed by atoms with Crippen LogP contribution in [0, 0.1) is 5.92 Å². The largest absolute Gasteiger partial charge is 0.314 e. The Hall–Kier alpha value is -0.110. The lowest BCUT2D eigenvalue weighted by molar-refractivity contribution is 0.253. The second kappa shape index (κ2) is 6.36. The summed E-state index contributed by atoms with van der Waals surface area (Å²) < 4.78 is 11.9. The van der Waals surface area contributed by atoms with Gasteiger partial charge in [-0.2, -0.15) is 0 Å². The molecule has 0 saturated heterocycles. The van der Waals surface area contributed by atoms with E-state index in [2.05, 4.69) is 12.2 Å². The van der Waals surface area contributed by atoms with Crippen LogP contribution < -0.4 is 5.32 Å². The molecule has 1 rings (SSSR count). The maximum absolute atomic E-state index is 11.9. The SMILES string of the molecule is CCC1CCCCC1NCCCF. The van der Waals surface area contributed by atoms with Crippen LogP contribution in [0.25, 0.3) is 0 Å². The summed E-state index contributed by atoms with van der Waals surface area (Å²) in [4.78, 5) is 0. The third kappa shape index (κ3) is 3.63. The quantitative estimate of drug-likeness (QED) is 0.653. The normalized spacial score (nSPS) is 29.1. The highest BCUT2D eigenvalue weighted by Crippen LogP contribution is 2.26. The minimum atomic E-state index is -0.184. The van der Waals surface area contributed by atoms with Crippen molar-refractivity contribution in [3.8, 4) is 0 Å². The molecule has 1 nitrogen and oxygen atoms in total. The molecule has 1 aliphatic rings. The number of rotatable bonds is 5. The fourth-order valence-corrected chi connectivity index (χ4v) is 2.32. The molecule has 1 N–H and O–H groups in total. The molecule has 0 aliphatic heterocycles. The average molecular weight is 187 g/mol. The zero-order valence-electron chi connectivity index (χ0n) is 8.69. The highest BCUT2D eigenvalue weighted by atomic mass is 19.1. The highest BCUT2D eigenvalue weighted by Gasteiger charge is 2.22. The Bertz CT molecular complexity index is 127. The van der Waals surface area contributed by atoms with Gasteiger partial charge in [0, 0.05) is 6.04 Å². The van der Waals surface area contributed by atoms with E-state index in [0.717, 1.165) is 12.5 Å². The van der Waals surface area contributed by atoms with Crippen LogP contribution in [0.4, 0.5) is 4.39 Å². The van der Waals surface area contributed by atoms with Crippen LogP contribution >= 0.6 is 0 Å². The summed E-state index contributed by atoms with van der Waals surface area (Å²) in [6, 6.07) is 0.672. The van der Waals surface area contributed by atoms with Crippen LogP contribution in [0.15, 0.2) is 0 Å². The smallest absolute Gasteiger partial charge is 0.0906 e. The first-order chi connectivity index (χ1) is 6.38. The molecule has 0 radical (unpaired) electrons. The number of hydrogen-bond acceptors (Lipinski definition) is 1. The van der Waals surface area contributed by atoms with Crippen molar-refractivity contribution in [1.82, 2.24) is 5.32 Å². The summed E-state index contributed by atoms with van der Waals surface area (Å²) in [5, 5.41) is 3.48. The maximum Gasteiger partial charge on any atom is 0.0906 e. The predicted molar refractivity (Wildman–Crippen MR) is 54.6 cm³/mol. The van der Waals surface area contributed by atoms with Crippen LogP contribution in [-0.4, -0.2) is 19.3 Å². The van der Waals surface area contributed by atoms with Gasteiger partial charge in [0.25, 0.3) is 0 Å². The van der Waals surface area contributed by atoms with Crippen molar-refractivity contribution < 1.29 is 4.39 Å². The van der Waals surface area contributed by atoms with E-state index in [1.54, 1.807) is 0 Å². The van der Waals surface area contributed by atoms with Crippen LogP contribution in [0.2, 0.25) is 0 Å². The summed E-state index contributed by atoms with van der Waals surface area (Å²) in [6.07, 6.45) is 7.35. The summed E-state index contributed by atoms with van der Waals surface area (Å²) in [5.74, 6) is 0.841. The van der Waals surface area contributed by atoms with Crippen molar-refractivity contribution in [2.45, 2.75) is 51.5 Å². The number of halogens is 1. The lowest BCUT2D eigenvalue weighted by atomic mass is 9.83. The van der Waals surface area contributed by atoms with E-state index >= 15 is 0 Å². The monoisotopic (exact) mass is 187 g/mol. The van der Waals surface area contributed by atoms with Crippen LogP contribution in [0.5, 0.6) is 0 Å². The zero-order chi connectivity index (χ0) is 9.52. The van der Waals surface area contributed by atoms with Crippen molar-refractivity contribution in [3.05, 3.63) is 0 Å². The van der Waals surface area contributed by atoms with Crippen molar-refractivity contribution >= 4 is 0 Å². The van der Waals surface area contributed by atoms with E-state index in [9.17, 15) is 4.39 Å². The molecule has 0 aromatic heterocycles. The van der Waals surface area contributed by atoms with Gasteiger partial charge in [-0.25, -0.2) is 0 Å². The van der Waals surface area contributed by atoms with Crippen molar-refractivity contribution in [2.24, 2.45) is 5.92 Å². The van der Waals surface area contributed by atoms with Crippen molar-refractivity contribution in [3.63, 3.8) is 0 Å². The Morgan fingerprint density at radius 2 is 2.08 bits per heavy atom. The molecular weight excluding hydrogens is 165 g/mol. The van der Waals surface area contributed by atoms with Crippen molar-refractivity contribution in [1.29, 1.82) is 0 Å². The van der Waals surface area contributed by atoms with Gasteiger partial charge in [0.2, 0.25) is 0 Å². The van der Waals surface area contributed by atoms with Crippen LogP contribution in [-0.2, 0) is 0 Å². The number of alkyl halides is 1. The van der Waals surface area contributed by atoms with E-state index in [4.69, 9.17) is 0 Å². The number of hydrogen-bond donors (Lipinski definition) is 1. The summed E-state index contributed by atoms with van der Waals surface area (Å²) in [5.41, 5.74) is 0. The fourth-order valence-electron chi connectivity index (χ4n) is 2.32. The first kappa shape index (κ1) is 11.0. The Morgan fingerprint density at radius 1 is 1.31 bits per heavy atom.